The maximum atomic E-state index is 13.1. The number of halogens is 1. The Kier molecular flexibility index (Phi) is 5.26. The minimum atomic E-state index is -0.221. The van der Waals surface area contributed by atoms with Crippen molar-refractivity contribution in [1.82, 2.24) is 4.90 Å². The number of anilines is 2. The number of fused-ring (bicyclic) bond motifs is 1. The topological polar surface area (TPSA) is 35.6 Å². The highest BCUT2D eigenvalue weighted by Crippen LogP contribution is 2.20. The van der Waals surface area contributed by atoms with Crippen LogP contribution < -0.4 is 10.2 Å². The summed E-state index contributed by atoms with van der Waals surface area (Å²) in [6.07, 6.45) is 0. The second kappa shape index (κ2) is 7.98. The van der Waals surface area contributed by atoms with Crippen molar-refractivity contribution in [1.29, 1.82) is 0 Å². The van der Waals surface area contributed by atoms with Crippen LogP contribution in [0.15, 0.2) is 66.7 Å². The van der Waals surface area contributed by atoms with Crippen molar-refractivity contribution in [2.75, 3.05) is 36.4 Å². The predicted octanol–water partition coefficient (Wildman–Crippen LogP) is 4.13. The number of piperazine rings is 1. The summed E-state index contributed by atoms with van der Waals surface area (Å²) < 4.78 is 13.1. The lowest BCUT2D eigenvalue weighted by Gasteiger charge is -2.38. The monoisotopic (exact) mass is 377 g/mol. The number of hydrogen-bond donors (Lipinski definition) is 1. The molecule has 1 N–H and O–H groups in total. The van der Waals surface area contributed by atoms with Crippen molar-refractivity contribution in [3.8, 4) is 0 Å². The number of hydrogen-bond acceptors (Lipinski definition) is 3. The van der Waals surface area contributed by atoms with Gasteiger partial charge in [-0.15, -0.1) is 0 Å². The SMILES string of the molecule is C[C@H](C(=O)Nc1ccc2ccccc2c1)N1CCN(c2ccc(F)cc2)CC1. The highest BCUT2D eigenvalue weighted by Gasteiger charge is 2.25. The van der Waals surface area contributed by atoms with Crippen LogP contribution in [0.2, 0.25) is 0 Å². The first-order chi connectivity index (χ1) is 13.6. The molecular weight excluding hydrogens is 353 g/mol. The number of rotatable bonds is 4. The van der Waals surface area contributed by atoms with E-state index in [0.29, 0.717) is 0 Å². The van der Waals surface area contributed by atoms with E-state index in [1.54, 1.807) is 12.1 Å². The van der Waals surface area contributed by atoms with Gasteiger partial charge < -0.3 is 10.2 Å². The first kappa shape index (κ1) is 18.4. The van der Waals surface area contributed by atoms with Crippen LogP contribution in [0.4, 0.5) is 15.8 Å². The van der Waals surface area contributed by atoms with Gasteiger partial charge in [-0.3, -0.25) is 9.69 Å². The molecule has 1 saturated heterocycles. The van der Waals surface area contributed by atoms with E-state index in [-0.39, 0.29) is 17.8 Å². The Balaban J connectivity index is 1.35. The molecule has 4 rings (SSSR count). The molecule has 1 fully saturated rings. The molecule has 1 aliphatic rings. The first-order valence-corrected chi connectivity index (χ1v) is 9.64. The summed E-state index contributed by atoms with van der Waals surface area (Å²) in [7, 11) is 0. The van der Waals surface area contributed by atoms with Crippen molar-refractivity contribution in [2.45, 2.75) is 13.0 Å². The van der Waals surface area contributed by atoms with Gasteiger partial charge in [0.1, 0.15) is 5.82 Å². The summed E-state index contributed by atoms with van der Waals surface area (Å²) in [4.78, 5) is 17.1. The summed E-state index contributed by atoms with van der Waals surface area (Å²) in [6, 6.07) is 20.5. The van der Waals surface area contributed by atoms with E-state index in [4.69, 9.17) is 0 Å². The molecule has 0 aromatic heterocycles. The van der Waals surface area contributed by atoms with Crippen LogP contribution in [0.1, 0.15) is 6.92 Å². The number of nitrogens with one attached hydrogen (secondary N) is 1. The van der Waals surface area contributed by atoms with E-state index in [2.05, 4.69) is 21.2 Å². The van der Waals surface area contributed by atoms with Gasteiger partial charge in [0.25, 0.3) is 0 Å². The molecule has 0 aliphatic carbocycles. The fourth-order valence-corrected chi connectivity index (χ4v) is 3.70. The van der Waals surface area contributed by atoms with Gasteiger partial charge in [0.15, 0.2) is 0 Å². The van der Waals surface area contributed by atoms with Crippen LogP contribution in [0, 0.1) is 5.82 Å². The summed E-state index contributed by atoms with van der Waals surface area (Å²) in [5.41, 5.74) is 1.84. The Morgan fingerprint density at radius 3 is 2.32 bits per heavy atom. The number of nitrogens with zero attached hydrogens (tertiary/aromatic N) is 2. The molecule has 3 aromatic rings. The zero-order valence-corrected chi connectivity index (χ0v) is 15.9. The summed E-state index contributed by atoms with van der Waals surface area (Å²) in [6.45, 7) is 5.18. The minimum Gasteiger partial charge on any atom is -0.369 e. The van der Waals surface area contributed by atoms with Crippen LogP contribution in [0.5, 0.6) is 0 Å². The lowest BCUT2D eigenvalue weighted by Crippen LogP contribution is -2.52. The van der Waals surface area contributed by atoms with E-state index in [1.165, 1.54) is 12.1 Å². The van der Waals surface area contributed by atoms with Gasteiger partial charge in [0.05, 0.1) is 6.04 Å². The lowest BCUT2D eigenvalue weighted by molar-refractivity contribution is -0.120. The molecule has 1 heterocycles. The molecule has 28 heavy (non-hydrogen) atoms. The third kappa shape index (κ3) is 3.99. The van der Waals surface area contributed by atoms with Crippen LogP contribution >= 0.6 is 0 Å². The molecule has 1 atom stereocenters. The van der Waals surface area contributed by atoms with Crippen molar-refractivity contribution in [3.05, 3.63) is 72.5 Å². The van der Waals surface area contributed by atoms with Crippen LogP contribution in [-0.2, 0) is 4.79 Å². The van der Waals surface area contributed by atoms with Crippen molar-refractivity contribution in [2.24, 2.45) is 0 Å². The summed E-state index contributed by atoms with van der Waals surface area (Å²) in [5, 5.41) is 5.31. The Hall–Kier alpha value is -2.92. The van der Waals surface area contributed by atoms with Gasteiger partial charge in [0.2, 0.25) is 5.91 Å². The van der Waals surface area contributed by atoms with Gasteiger partial charge in [0, 0.05) is 37.6 Å². The largest absolute Gasteiger partial charge is 0.369 e. The van der Waals surface area contributed by atoms with Crippen LogP contribution in [0.3, 0.4) is 0 Å². The molecule has 144 valence electrons. The highest BCUT2D eigenvalue weighted by atomic mass is 19.1. The average molecular weight is 377 g/mol. The molecule has 0 spiro atoms. The first-order valence-electron chi connectivity index (χ1n) is 9.64. The van der Waals surface area contributed by atoms with E-state index >= 15 is 0 Å². The molecule has 4 nitrogen and oxygen atoms in total. The number of benzene rings is 3. The van der Waals surface area contributed by atoms with E-state index in [0.717, 1.165) is 48.3 Å². The van der Waals surface area contributed by atoms with E-state index in [9.17, 15) is 9.18 Å². The van der Waals surface area contributed by atoms with Crippen molar-refractivity contribution in [3.63, 3.8) is 0 Å². The quantitative estimate of drug-likeness (QED) is 0.743. The molecule has 0 bridgehead atoms. The molecule has 0 saturated carbocycles. The molecule has 5 heteroatoms. The second-order valence-corrected chi connectivity index (χ2v) is 7.23. The Labute approximate surface area is 164 Å². The molecular formula is C23H24FN3O. The molecule has 0 unspecified atom stereocenters. The standard InChI is InChI=1S/C23H24FN3O/c1-17(23(28)25-21-9-6-18-4-2-3-5-19(18)16-21)26-12-14-27(15-13-26)22-10-7-20(24)8-11-22/h2-11,16-17H,12-15H2,1H3,(H,25,28)/t17-/m1/s1. The Morgan fingerprint density at radius 1 is 0.929 bits per heavy atom. The van der Waals surface area contributed by atoms with Gasteiger partial charge in [-0.25, -0.2) is 4.39 Å². The van der Waals surface area contributed by atoms with Gasteiger partial charge >= 0.3 is 0 Å². The zero-order valence-electron chi connectivity index (χ0n) is 15.9. The maximum absolute atomic E-state index is 13.1. The molecule has 3 aromatic carbocycles. The summed E-state index contributed by atoms with van der Waals surface area (Å²) >= 11 is 0. The number of carbonyl (C=O) groups excluding carboxylic acids is 1. The number of amides is 1. The minimum absolute atomic E-state index is 0.00510. The fourth-order valence-electron chi connectivity index (χ4n) is 3.70. The smallest absolute Gasteiger partial charge is 0.241 e. The van der Waals surface area contributed by atoms with Gasteiger partial charge in [-0.05, 0) is 54.1 Å². The second-order valence-electron chi connectivity index (χ2n) is 7.23. The normalized spacial score (nSPS) is 16.1. The molecule has 1 amide bonds. The van der Waals surface area contributed by atoms with Crippen molar-refractivity contribution >= 4 is 28.1 Å². The summed E-state index contributed by atoms with van der Waals surface area (Å²) in [5.74, 6) is -0.216. The highest BCUT2D eigenvalue weighted by molar-refractivity contribution is 5.97. The van der Waals surface area contributed by atoms with E-state index in [1.807, 2.05) is 43.3 Å². The number of carbonyl (C=O) groups is 1. The van der Waals surface area contributed by atoms with Gasteiger partial charge in [-0.2, -0.15) is 0 Å². The molecule has 0 radical (unpaired) electrons. The van der Waals surface area contributed by atoms with E-state index < -0.39 is 0 Å². The molecule has 1 aliphatic heterocycles. The zero-order chi connectivity index (χ0) is 19.5. The predicted molar refractivity (Wildman–Crippen MR) is 112 cm³/mol. The average Bonchev–Trinajstić information content (AvgIpc) is 2.74. The Bertz CT molecular complexity index is 965. The van der Waals surface area contributed by atoms with Crippen molar-refractivity contribution < 1.29 is 9.18 Å². The third-order valence-electron chi connectivity index (χ3n) is 5.45. The maximum Gasteiger partial charge on any atom is 0.241 e. The third-order valence-corrected chi connectivity index (χ3v) is 5.45. The van der Waals surface area contributed by atoms with Crippen LogP contribution in [0.25, 0.3) is 10.8 Å². The van der Waals surface area contributed by atoms with Crippen LogP contribution in [-0.4, -0.2) is 43.0 Å². The lowest BCUT2D eigenvalue weighted by atomic mass is 10.1. The van der Waals surface area contributed by atoms with Gasteiger partial charge in [-0.1, -0.05) is 30.3 Å². The Morgan fingerprint density at radius 2 is 1.61 bits per heavy atom. The fraction of sp³-hybridized carbons (Fsp3) is 0.261.